The number of hydrogen-bond donors (Lipinski definition) is 1. The van der Waals surface area contributed by atoms with Crippen LogP contribution in [0.15, 0.2) is 59.6 Å². The molecule has 5 rings (SSSR count). The first-order chi connectivity index (χ1) is 20.0. The number of ether oxygens (including phenoxy) is 2. The molecule has 2 heterocycles. The van der Waals surface area contributed by atoms with Crippen molar-refractivity contribution in [3.8, 4) is 11.5 Å². The van der Waals surface area contributed by atoms with E-state index in [0.29, 0.717) is 31.9 Å². The molecular formula is C30H30F4N4O4. The Morgan fingerprint density at radius 3 is 2.33 bits per heavy atom. The van der Waals surface area contributed by atoms with E-state index in [0.717, 1.165) is 17.8 Å². The maximum absolute atomic E-state index is 15.2. The Balaban J connectivity index is 1.63. The van der Waals surface area contributed by atoms with Crippen molar-refractivity contribution in [2.24, 2.45) is 4.99 Å². The van der Waals surface area contributed by atoms with Crippen molar-refractivity contribution < 1.29 is 36.9 Å². The van der Waals surface area contributed by atoms with Gasteiger partial charge in [-0.1, -0.05) is 18.2 Å². The number of carboxylic acids is 1. The molecule has 3 aromatic rings. The highest BCUT2D eigenvalue weighted by molar-refractivity contribution is 6.02. The number of para-hydroxylation sites is 1. The SMILES string of the molecule is COc1cccc(N2CCN(C3=Nc4c(F)cccc4C(CC(=O)O)N3c3cc(C(F)(F)F)cc(C)c3OC)CC2)c1. The van der Waals surface area contributed by atoms with Crippen LogP contribution in [0.2, 0.25) is 0 Å². The molecule has 0 amide bonds. The Labute approximate surface area is 240 Å². The predicted octanol–water partition coefficient (Wildman–Crippen LogP) is 6.02. The third-order valence-corrected chi connectivity index (χ3v) is 7.51. The lowest BCUT2D eigenvalue weighted by molar-refractivity contribution is -0.138. The van der Waals surface area contributed by atoms with E-state index in [-0.39, 0.29) is 34.2 Å². The summed E-state index contributed by atoms with van der Waals surface area (Å²) in [4.78, 5) is 22.2. The monoisotopic (exact) mass is 586 g/mol. The Morgan fingerprint density at radius 2 is 1.69 bits per heavy atom. The van der Waals surface area contributed by atoms with Crippen LogP contribution in [0.5, 0.6) is 11.5 Å². The summed E-state index contributed by atoms with van der Waals surface area (Å²) in [5.74, 6) is -0.857. The van der Waals surface area contributed by atoms with Crippen LogP contribution in [-0.2, 0) is 11.0 Å². The van der Waals surface area contributed by atoms with Crippen LogP contribution in [0.1, 0.15) is 29.2 Å². The maximum atomic E-state index is 15.2. The van der Waals surface area contributed by atoms with E-state index < -0.39 is 36.0 Å². The Kier molecular flexibility index (Phi) is 7.89. The van der Waals surface area contributed by atoms with Crippen molar-refractivity contribution >= 4 is 29.0 Å². The van der Waals surface area contributed by atoms with Gasteiger partial charge in [0.1, 0.15) is 23.0 Å². The molecule has 2 aliphatic heterocycles. The fourth-order valence-corrected chi connectivity index (χ4v) is 5.55. The number of methoxy groups -OCH3 is 2. The molecule has 1 saturated heterocycles. The van der Waals surface area contributed by atoms with Crippen LogP contribution in [0, 0.1) is 12.7 Å². The highest BCUT2D eigenvalue weighted by atomic mass is 19.4. The quantitative estimate of drug-likeness (QED) is 0.354. The molecule has 0 spiro atoms. The van der Waals surface area contributed by atoms with E-state index in [2.05, 4.69) is 9.89 Å². The molecule has 1 fully saturated rings. The molecule has 1 N–H and O–H groups in total. The van der Waals surface area contributed by atoms with Gasteiger partial charge in [0.05, 0.1) is 37.9 Å². The van der Waals surface area contributed by atoms with Crippen molar-refractivity contribution in [2.75, 3.05) is 50.2 Å². The first-order valence-corrected chi connectivity index (χ1v) is 13.3. The largest absolute Gasteiger partial charge is 0.497 e. The van der Waals surface area contributed by atoms with E-state index in [1.807, 2.05) is 29.2 Å². The molecule has 8 nitrogen and oxygen atoms in total. The average molecular weight is 587 g/mol. The van der Waals surface area contributed by atoms with Crippen molar-refractivity contribution in [1.82, 2.24) is 4.90 Å². The number of benzene rings is 3. The van der Waals surface area contributed by atoms with E-state index in [1.165, 1.54) is 31.1 Å². The zero-order chi connectivity index (χ0) is 30.2. The van der Waals surface area contributed by atoms with Crippen LogP contribution in [0.25, 0.3) is 0 Å². The standard InChI is InChI=1S/C30H30F4N4O4/c1-18-14-19(30(32,33)34)15-25(28(18)42-3)38-24(17-26(39)40)22-8-5-9-23(31)27(22)35-29(38)37-12-10-36(11-13-37)20-6-4-7-21(16-20)41-2/h4-9,14-16,24H,10-13,17H2,1-3H3,(H,39,40). The highest BCUT2D eigenvalue weighted by Crippen LogP contribution is 2.47. The van der Waals surface area contributed by atoms with Crippen molar-refractivity contribution in [1.29, 1.82) is 0 Å². The summed E-state index contributed by atoms with van der Waals surface area (Å²) in [7, 11) is 2.92. The van der Waals surface area contributed by atoms with Gasteiger partial charge in [-0.2, -0.15) is 13.2 Å². The third-order valence-electron chi connectivity index (χ3n) is 7.51. The van der Waals surface area contributed by atoms with Crippen molar-refractivity contribution in [3.05, 3.63) is 77.1 Å². The number of guanidine groups is 1. The van der Waals surface area contributed by atoms with Gasteiger partial charge in [-0.25, -0.2) is 9.38 Å². The van der Waals surface area contributed by atoms with Gasteiger partial charge in [0, 0.05) is 43.5 Å². The van der Waals surface area contributed by atoms with E-state index >= 15 is 4.39 Å². The summed E-state index contributed by atoms with van der Waals surface area (Å²) in [5, 5.41) is 9.89. The number of anilines is 2. The van der Waals surface area contributed by atoms with Gasteiger partial charge < -0.3 is 29.3 Å². The minimum Gasteiger partial charge on any atom is -0.497 e. The summed E-state index contributed by atoms with van der Waals surface area (Å²) in [6.07, 6.45) is -5.19. The zero-order valence-corrected chi connectivity index (χ0v) is 23.3. The minimum atomic E-state index is -4.67. The molecule has 0 bridgehead atoms. The Hall–Kier alpha value is -4.48. The normalized spacial score (nSPS) is 17.1. The molecular weight excluding hydrogens is 556 g/mol. The number of aliphatic imine (C=N–C) groups is 1. The number of carboxylic acid groups (broad SMARTS) is 1. The van der Waals surface area contributed by atoms with Crippen LogP contribution in [0.3, 0.4) is 0 Å². The molecule has 42 heavy (non-hydrogen) atoms. The number of halogens is 4. The van der Waals surface area contributed by atoms with Crippen molar-refractivity contribution in [3.63, 3.8) is 0 Å². The second-order valence-electron chi connectivity index (χ2n) is 10.1. The topological polar surface area (TPSA) is 77.8 Å². The number of nitrogens with zero attached hydrogens (tertiary/aromatic N) is 4. The van der Waals surface area contributed by atoms with E-state index in [1.54, 1.807) is 13.2 Å². The predicted molar refractivity (Wildman–Crippen MR) is 150 cm³/mol. The number of carbonyl (C=O) groups is 1. The van der Waals surface area contributed by atoms with Crippen LogP contribution < -0.4 is 19.3 Å². The Bertz CT molecular complexity index is 1520. The highest BCUT2D eigenvalue weighted by Gasteiger charge is 2.40. The van der Waals surface area contributed by atoms with E-state index in [4.69, 9.17) is 9.47 Å². The molecule has 0 saturated carbocycles. The number of aryl methyl sites for hydroxylation is 1. The fraction of sp³-hybridized carbons (Fsp3) is 0.333. The zero-order valence-electron chi connectivity index (χ0n) is 23.3. The van der Waals surface area contributed by atoms with Gasteiger partial charge in [-0.05, 0) is 42.8 Å². The second kappa shape index (κ2) is 11.4. The molecule has 0 aromatic heterocycles. The van der Waals surface area contributed by atoms with Crippen molar-refractivity contribution in [2.45, 2.75) is 25.6 Å². The lowest BCUT2D eigenvalue weighted by atomic mass is 9.96. The molecule has 0 aliphatic carbocycles. The van der Waals surface area contributed by atoms with Crippen LogP contribution in [0.4, 0.5) is 34.6 Å². The summed E-state index contributed by atoms with van der Waals surface area (Å²) < 4.78 is 68.1. The minimum absolute atomic E-state index is 0.0000356. The number of hydrogen-bond acceptors (Lipinski definition) is 7. The van der Waals surface area contributed by atoms with E-state index in [9.17, 15) is 23.1 Å². The summed E-state index contributed by atoms with van der Waals surface area (Å²) in [6.45, 7) is 3.30. The lowest BCUT2D eigenvalue weighted by Crippen LogP contribution is -2.55. The molecule has 12 heteroatoms. The summed E-state index contributed by atoms with van der Waals surface area (Å²) in [6, 6.07) is 12.6. The molecule has 0 radical (unpaired) electrons. The first kappa shape index (κ1) is 29.0. The third kappa shape index (κ3) is 5.53. The van der Waals surface area contributed by atoms with Gasteiger partial charge in [0.2, 0.25) is 5.96 Å². The molecule has 1 atom stereocenters. The maximum Gasteiger partial charge on any atom is 0.416 e. The first-order valence-electron chi connectivity index (χ1n) is 13.3. The summed E-state index contributed by atoms with van der Waals surface area (Å²) in [5.41, 5.74) is 0.452. The van der Waals surface area contributed by atoms with Gasteiger partial charge in [-0.15, -0.1) is 0 Å². The van der Waals surface area contributed by atoms with Gasteiger partial charge in [0.25, 0.3) is 0 Å². The number of fused-ring (bicyclic) bond motifs is 1. The molecule has 2 aliphatic rings. The average Bonchev–Trinajstić information content (AvgIpc) is 2.96. The second-order valence-corrected chi connectivity index (χ2v) is 10.1. The number of piperazine rings is 1. The fourth-order valence-electron chi connectivity index (χ4n) is 5.55. The molecule has 1 unspecified atom stereocenters. The molecule has 222 valence electrons. The van der Waals surface area contributed by atoms with Crippen LogP contribution in [-0.4, -0.2) is 62.3 Å². The Morgan fingerprint density at radius 1 is 1.00 bits per heavy atom. The summed E-state index contributed by atoms with van der Waals surface area (Å²) >= 11 is 0. The number of alkyl halides is 3. The van der Waals surface area contributed by atoms with Gasteiger partial charge >= 0.3 is 12.1 Å². The van der Waals surface area contributed by atoms with Gasteiger partial charge in [0.15, 0.2) is 0 Å². The van der Waals surface area contributed by atoms with Gasteiger partial charge in [-0.3, -0.25) is 4.79 Å². The lowest BCUT2D eigenvalue weighted by Gasteiger charge is -2.45. The molecule has 3 aromatic carbocycles. The number of aliphatic carboxylic acids is 1. The van der Waals surface area contributed by atoms with Crippen LogP contribution >= 0.6 is 0 Å². The number of rotatable bonds is 6. The smallest absolute Gasteiger partial charge is 0.416 e.